The van der Waals surface area contributed by atoms with Gasteiger partial charge in [-0.2, -0.15) is 0 Å². The number of hydrogen-bond acceptors (Lipinski definition) is 2. The summed E-state index contributed by atoms with van der Waals surface area (Å²) in [6, 6.07) is 0.405. The summed E-state index contributed by atoms with van der Waals surface area (Å²) >= 11 is 0. The topological polar surface area (TPSA) is 46.2 Å². The van der Waals surface area contributed by atoms with E-state index in [1.807, 2.05) is 6.92 Å². The summed E-state index contributed by atoms with van der Waals surface area (Å²) in [5.74, 6) is 0.593. The van der Waals surface area contributed by atoms with Gasteiger partial charge in [0.25, 0.3) is 0 Å². The van der Waals surface area contributed by atoms with Gasteiger partial charge in [0.15, 0.2) is 0 Å². The highest BCUT2D eigenvalue weighted by molar-refractivity contribution is 5.77. The Balaban J connectivity index is 2.07. The van der Waals surface area contributed by atoms with Crippen LogP contribution in [0.4, 0.5) is 0 Å². The fourth-order valence-electron chi connectivity index (χ4n) is 3.39. The molecule has 0 atom stereocenters. The van der Waals surface area contributed by atoms with Crippen molar-refractivity contribution in [1.82, 2.24) is 5.32 Å². The molecule has 0 unspecified atom stereocenters. The quantitative estimate of drug-likeness (QED) is 0.584. The maximum absolute atomic E-state index is 12.1. The van der Waals surface area contributed by atoms with E-state index in [1.54, 1.807) is 0 Å². The average molecular weight is 324 g/mol. The van der Waals surface area contributed by atoms with E-state index in [1.165, 1.54) is 44.9 Å². The molecule has 3 heteroatoms. The van der Waals surface area contributed by atoms with Crippen molar-refractivity contribution in [1.29, 1.82) is 0 Å². The second-order valence-corrected chi connectivity index (χ2v) is 7.12. The van der Waals surface area contributed by atoms with E-state index in [9.17, 15) is 9.59 Å². The predicted molar refractivity (Wildman–Crippen MR) is 96.5 cm³/mol. The highest BCUT2D eigenvalue weighted by Gasteiger charge is 2.12. The third kappa shape index (κ3) is 11.3. The Bertz CT molecular complexity index is 318. The van der Waals surface area contributed by atoms with Gasteiger partial charge in [-0.15, -0.1) is 0 Å². The summed E-state index contributed by atoms with van der Waals surface area (Å²) in [7, 11) is 0. The predicted octanol–water partition coefficient (Wildman–Crippen LogP) is 5.32. The number of rotatable bonds is 9. The van der Waals surface area contributed by atoms with E-state index in [0.29, 0.717) is 31.1 Å². The van der Waals surface area contributed by atoms with Crippen molar-refractivity contribution in [2.75, 3.05) is 0 Å². The Morgan fingerprint density at radius 3 is 1.87 bits per heavy atom. The van der Waals surface area contributed by atoms with Gasteiger partial charge in [0.1, 0.15) is 5.78 Å². The number of unbranched alkanes of at least 4 members (excludes halogenated alkanes) is 3. The van der Waals surface area contributed by atoms with Crippen LogP contribution in [0.2, 0.25) is 0 Å². The van der Waals surface area contributed by atoms with E-state index in [4.69, 9.17) is 0 Å². The number of carbonyl (C=O) groups is 2. The first-order chi connectivity index (χ1) is 11.2. The smallest absolute Gasteiger partial charge is 0.220 e. The molecule has 3 nitrogen and oxygen atoms in total. The van der Waals surface area contributed by atoms with E-state index in [0.717, 1.165) is 38.5 Å². The molecule has 0 radical (unpaired) electrons. The third-order valence-electron chi connectivity index (χ3n) is 4.97. The van der Waals surface area contributed by atoms with Crippen molar-refractivity contribution in [3.8, 4) is 0 Å². The van der Waals surface area contributed by atoms with Gasteiger partial charge in [0.2, 0.25) is 5.91 Å². The number of ketones is 1. The highest BCUT2D eigenvalue weighted by atomic mass is 16.1. The third-order valence-corrected chi connectivity index (χ3v) is 4.97. The van der Waals surface area contributed by atoms with Crippen LogP contribution in [-0.4, -0.2) is 17.7 Å². The van der Waals surface area contributed by atoms with Crippen LogP contribution in [0.5, 0.6) is 0 Å². The van der Waals surface area contributed by atoms with Crippen LogP contribution in [0.1, 0.15) is 110 Å². The molecular formula is C20H37NO2. The second-order valence-electron chi connectivity index (χ2n) is 7.12. The maximum Gasteiger partial charge on any atom is 0.220 e. The number of Topliss-reactive ketones (excluding diaryl/α,β-unsaturated/α-hetero) is 1. The number of carbonyl (C=O) groups excluding carboxylic acids is 2. The molecular weight excluding hydrogens is 286 g/mol. The molecule has 1 rings (SSSR count). The van der Waals surface area contributed by atoms with Gasteiger partial charge >= 0.3 is 0 Å². The van der Waals surface area contributed by atoms with Crippen LogP contribution in [0.3, 0.4) is 0 Å². The maximum atomic E-state index is 12.1. The van der Waals surface area contributed by atoms with Gasteiger partial charge in [-0.1, -0.05) is 64.7 Å². The zero-order valence-electron chi connectivity index (χ0n) is 15.2. The lowest BCUT2D eigenvalue weighted by atomic mass is 9.97. The van der Waals surface area contributed by atoms with Gasteiger partial charge in [0.05, 0.1) is 0 Å². The fraction of sp³-hybridized carbons (Fsp3) is 0.900. The van der Waals surface area contributed by atoms with Crippen LogP contribution in [0.15, 0.2) is 0 Å². The summed E-state index contributed by atoms with van der Waals surface area (Å²) in [6.07, 6.45) is 17.7. The molecule has 1 saturated carbocycles. The Morgan fingerprint density at radius 1 is 0.783 bits per heavy atom. The van der Waals surface area contributed by atoms with E-state index in [-0.39, 0.29) is 5.91 Å². The number of amides is 1. The van der Waals surface area contributed by atoms with Crippen LogP contribution in [-0.2, 0) is 9.59 Å². The molecule has 0 bridgehead atoms. The zero-order valence-corrected chi connectivity index (χ0v) is 15.2. The molecule has 23 heavy (non-hydrogen) atoms. The fourth-order valence-corrected chi connectivity index (χ4v) is 3.39. The van der Waals surface area contributed by atoms with Crippen molar-refractivity contribution in [2.24, 2.45) is 0 Å². The average Bonchev–Trinajstić information content (AvgIpc) is 2.56. The lowest BCUT2D eigenvalue weighted by Crippen LogP contribution is -2.34. The minimum absolute atomic E-state index is 0.233. The first-order valence-corrected chi connectivity index (χ1v) is 10.0. The normalized spacial score (nSPS) is 17.6. The van der Waals surface area contributed by atoms with Crippen LogP contribution >= 0.6 is 0 Å². The van der Waals surface area contributed by atoms with Gasteiger partial charge in [-0.05, 0) is 25.7 Å². The van der Waals surface area contributed by atoms with Gasteiger partial charge < -0.3 is 5.32 Å². The Morgan fingerprint density at radius 2 is 1.30 bits per heavy atom. The molecule has 0 heterocycles. The lowest BCUT2D eigenvalue weighted by molar-refractivity contribution is -0.122. The second kappa shape index (κ2) is 13.6. The summed E-state index contributed by atoms with van der Waals surface area (Å²) in [6.45, 7) is 1.92. The first kappa shape index (κ1) is 20.2. The molecule has 0 spiro atoms. The Labute approximate surface area is 143 Å². The number of nitrogens with one attached hydrogen (secondary N) is 1. The summed E-state index contributed by atoms with van der Waals surface area (Å²) in [5, 5.41) is 3.26. The SMILES string of the molecule is CCC(=O)CCCCCCC(=O)NC1CCCCCCCCC1. The molecule has 0 aromatic carbocycles. The molecule has 0 aromatic heterocycles. The van der Waals surface area contributed by atoms with Crippen LogP contribution in [0.25, 0.3) is 0 Å². The summed E-state index contributed by atoms with van der Waals surface area (Å²) in [4.78, 5) is 23.3. The number of hydrogen-bond donors (Lipinski definition) is 1. The molecule has 1 aliphatic carbocycles. The molecule has 0 aromatic rings. The van der Waals surface area contributed by atoms with Crippen molar-refractivity contribution >= 4 is 11.7 Å². The molecule has 1 amide bonds. The highest BCUT2D eigenvalue weighted by Crippen LogP contribution is 2.17. The standard InChI is InChI=1S/C20H37NO2/c1-2-19(22)16-12-8-9-13-17-20(23)21-18-14-10-6-4-3-5-7-11-15-18/h18H,2-17H2,1H3,(H,21,23). The monoisotopic (exact) mass is 323 g/mol. The van der Waals surface area contributed by atoms with Crippen LogP contribution < -0.4 is 5.32 Å². The van der Waals surface area contributed by atoms with Gasteiger partial charge in [-0.25, -0.2) is 0 Å². The van der Waals surface area contributed by atoms with Crippen LogP contribution in [0, 0.1) is 0 Å². The molecule has 1 fully saturated rings. The van der Waals surface area contributed by atoms with Crippen molar-refractivity contribution in [2.45, 2.75) is 116 Å². The van der Waals surface area contributed by atoms with Gasteiger partial charge in [0, 0.05) is 25.3 Å². The molecule has 134 valence electrons. The molecule has 1 aliphatic rings. The Hall–Kier alpha value is -0.860. The summed E-state index contributed by atoms with van der Waals surface area (Å²) < 4.78 is 0. The van der Waals surface area contributed by atoms with Crippen molar-refractivity contribution in [3.05, 3.63) is 0 Å². The lowest BCUT2D eigenvalue weighted by Gasteiger charge is -2.20. The van der Waals surface area contributed by atoms with E-state index < -0.39 is 0 Å². The molecule has 0 saturated heterocycles. The van der Waals surface area contributed by atoms with E-state index >= 15 is 0 Å². The zero-order chi connectivity index (χ0) is 16.8. The largest absolute Gasteiger partial charge is 0.353 e. The minimum atomic E-state index is 0.233. The first-order valence-electron chi connectivity index (χ1n) is 10.0. The Kier molecular flexibility index (Phi) is 11.9. The molecule has 1 N–H and O–H groups in total. The minimum Gasteiger partial charge on any atom is -0.353 e. The molecule has 0 aliphatic heterocycles. The van der Waals surface area contributed by atoms with Crippen molar-refractivity contribution in [3.63, 3.8) is 0 Å². The summed E-state index contributed by atoms with van der Waals surface area (Å²) in [5.41, 5.74) is 0. The van der Waals surface area contributed by atoms with E-state index in [2.05, 4.69) is 5.32 Å². The van der Waals surface area contributed by atoms with Gasteiger partial charge in [-0.3, -0.25) is 9.59 Å². The van der Waals surface area contributed by atoms with Crippen molar-refractivity contribution < 1.29 is 9.59 Å².